The standard InChI is InChI=1S/C18H28N4O3.HI/c1-5-10-19-18(20-14-17(23)22(2)3)21-15-8-6-9-16(13-15)25-12-7-11-24-4;/h5-6,8-9,13H,1,7,10-12,14H2,2-4H3,(H2,19,20,21);1H. The third kappa shape index (κ3) is 10.2. The molecule has 7 nitrogen and oxygen atoms in total. The van der Waals surface area contributed by atoms with E-state index in [0.29, 0.717) is 25.7 Å². The Balaban J connectivity index is 0.00000625. The summed E-state index contributed by atoms with van der Waals surface area (Å²) in [7, 11) is 5.07. The van der Waals surface area contributed by atoms with Crippen LogP contribution in [-0.4, -0.2) is 64.3 Å². The number of carbonyl (C=O) groups is 1. The van der Waals surface area contributed by atoms with E-state index in [9.17, 15) is 4.79 Å². The maximum absolute atomic E-state index is 11.7. The fraction of sp³-hybridized carbons (Fsp3) is 0.444. The zero-order chi connectivity index (χ0) is 18.5. The Labute approximate surface area is 172 Å². The van der Waals surface area contributed by atoms with E-state index in [4.69, 9.17) is 9.47 Å². The van der Waals surface area contributed by atoms with E-state index in [1.54, 1.807) is 27.3 Å². The Morgan fingerprint density at radius 2 is 2.12 bits per heavy atom. The first-order chi connectivity index (χ1) is 12.1. The Hall–Kier alpha value is -1.81. The maximum Gasteiger partial charge on any atom is 0.243 e. The quantitative estimate of drug-likeness (QED) is 0.178. The average molecular weight is 476 g/mol. The van der Waals surface area contributed by atoms with Gasteiger partial charge in [-0.25, -0.2) is 4.99 Å². The normalized spacial score (nSPS) is 10.5. The predicted molar refractivity (Wildman–Crippen MR) is 117 cm³/mol. The summed E-state index contributed by atoms with van der Waals surface area (Å²) in [6.07, 6.45) is 2.55. The van der Waals surface area contributed by atoms with Gasteiger partial charge in [0.2, 0.25) is 5.91 Å². The second kappa shape index (κ2) is 14.4. The number of likely N-dealkylation sites (N-methyl/N-ethyl adjacent to an activating group) is 1. The van der Waals surface area contributed by atoms with Gasteiger partial charge in [-0.15, -0.1) is 30.6 Å². The van der Waals surface area contributed by atoms with Crippen LogP contribution in [0, 0.1) is 0 Å². The Morgan fingerprint density at radius 3 is 2.77 bits per heavy atom. The number of halogens is 1. The van der Waals surface area contributed by atoms with Crippen molar-refractivity contribution < 1.29 is 14.3 Å². The molecule has 8 heteroatoms. The van der Waals surface area contributed by atoms with Crippen LogP contribution in [0.5, 0.6) is 5.75 Å². The number of carbonyl (C=O) groups excluding carboxylic acids is 1. The number of nitrogens with one attached hydrogen (secondary N) is 2. The summed E-state index contributed by atoms with van der Waals surface area (Å²) in [5, 5.41) is 6.25. The smallest absolute Gasteiger partial charge is 0.243 e. The summed E-state index contributed by atoms with van der Waals surface area (Å²) in [4.78, 5) is 17.5. The largest absolute Gasteiger partial charge is 0.493 e. The first kappa shape index (κ1) is 24.2. The lowest BCUT2D eigenvalue weighted by Gasteiger charge is -2.14. The van der Waals surface area contributed by atoms with Crippen LogP contribution >= 0.6 is 24.0 Å². The zero-order valence-electron chi connectivity index (χ0n) is 15.7. The summed E-state index contributed by atoms with van der Waals surface area (Å²) < 4.78 is 10.7. The van der Waals surface area contributed by atoms with Crippen molar-refractivity contribution in [3.63, 3.8) is 0 Å². The number of rotatable bonds is 10. The Bertz CT molecular complexity index is 579. The highest BCUT2D eigenvalue weighted by Crippen LogP contribution is 2.17. The molecule has 146 valence electrons. The zero-order valence-corrected chi connectivity index (χ0v) is 18.0. The van der Waals surface area contributed by atoms with Crippen molar-refractivity contribution >= 4 is 41.5 Å². The van der Waals surface area contributed by atoms with E-state index in [2.05, 4.69) is 22.2 Å². The SMILES string of the molecule is C=CCNC(=NCC(=O)N(C)C)Nc1cccc(OCCCOC)c1.I. The minimum absolute atomic E-state index is 0. The number of guanidine groups is 1. The van der Waals surface area contributed by atoms with Gasteiger partial charge < -0.3 is 25.0 Å². The van der Waals surface area contributed by atoms with E-state index >= 15 is 0 Å². The van der Waals surface area contributed by atoms with Gasteiger partial charge in [0.15, 0.2) is 5.96 Å². The molecule has 0 aliphatic heterocycles. The van der Waals surface area contributed by atoms with Crippen LogP contribution in [0.3, 0.4) is 0 Å². The molecule has 0 atom stereocenters. The number of hydrogen-bond donors (Lipinski definition) is 2. The topological polar surface area (TPSA) is 75.2 Å². The van der Waals surface area contributed by atoms with Gasteiger partial charge in [0.05, 0.1) is 6.61 Å². The number of benzene rings is 1. The van der Waals surface area contributed by atoms with Gasteiger partial charge in [-0.3, -0.25) is 4.79 Å². The molecule has 0 saturated heterocycles. The van der Waals surface area contributed by atoms with Gasteiger partial charge in [-0.1, -0.05) is 12.1 Å². The van der Waals surface area contributed by atoms with Gasteiger partial charge in [0.25, 0.3) is 0 Å². The molecule has 0 aromatic heterocycles. The molecule has 0 heterocycles. The van der Waals surface area contributed by atoms with E-state index in [1.807, 2.05) is 24.3 Å². The van der Waals surface area contributed by atoms with Crippen LogP contribution in [0.25, 0.3) is 0 Å². The van der Waals surface area contributed by atoms with Gasteiger partial charge in [-0.2, -0.15) is 0 Å². The molecular weight excluding hydrogens is 447 g/mol. The van der Waals surface area contributed by atoms with Gasteiger partial charge in [0.1, 0.15) is 12.3 Å². The molecule has 1 aromatic rings. The second-order valence-corrected chi connectivity index (χ2v) is 5.47. The highest BCUT2D eigenvalue weighted by Gasteiger charge is 2.05. The van der Waals surface area contributed by atoms with Crippen LogP contribution in [0.1, 0.15) is 6.42 Å². The molecule has 2 N–H and O–H groups in total. The lowest BCUT2D eigenvalue weighted by molar-refractivity contribution is -0.127. The molecule has 0 aliphatic rings. The van der Waals surface area contributed by atoms with Crippen LogP contribution in [0.4, 0.5) is 5.69 Å². The minimum Gasteiger partial charge on any atom is -0.493 e. The first-order valence-electron chi connectivity index (χ1n) is 8.15. The average Bonchev–Trinajstić information content (AvgIpc) is 2.61. The molecule has 0 unspecified atom stereocenters. The highest BCUT2D eigenvalue weighted by atomic mass is 127. The molecule has 0 fully saturated rings. The highest BCUT2D eigenvalue weighted by molar-refractivity contribution is 14.0. The number of methoxy groups -OCH3 is 1. The van der Waals surface area contributed by atoms with E-state index < -0.39 is 0 Å². The van der Waals surface area contributed by atoms with Crippen LogP contribution in [0.15, 0.2) is 41.9 Å². The van der Waals surface area contributed by atoms with Crippen LogP contribution < -0.4 is 15.4 Å². The molecule has 0 radical (unpaired) electrons. The molecule has 0 aliphatic carbocycles. The van der Waals surface area contributed by atoms with Crippen molar-refractivity contribution in [3.05, 3.63) is 36.9 Å². The molecule has 0 saturated carbocycles. The lowest BCUT2D eigenvalue weighted by Crippen LogP contribution is -2.33. The second-order valence-electron chi connectivity index (χ2n) is 5.47. The fourth-order valence-corrected chi connectivity index (χ4v) is 1.79. The summed E-state index contributed by atoms with van der Waals surface area (Å²) in [5.41, 5.74) is 0.817. The van der Waals surface area contributed by atoms with Crippen LogP contribution in [-0.2, 0) is 9.53 Å². The lowest BCUT2D eigenvalue weighted by atomic mass is 10.3. The van der Waals surface area contributed by atoms with Crippen molar-refractivity contribution in [3.8, 4) is 5.75 Å². The minimum atomic E-state index is -0.0741. The van der Waals surface area contributed by atoms with Crippen molar-refractivity contribution in [2.24, 2.45) is 4.99 Å². The number of amides is 1. The van der Waals surface area contributed by atoms with Crippen molar-refractivity contribution in [2.75, 3.05) is 52.8 Å². The molecule has 1 aromatic carbocycles. The third-order valence-corrected chi connectivity index (χ3v) is 3.14. The van der Waals surface area contributed by atoms with Gasteiger partial charge in [0, 0.05) is 52.5 Å². The summed E-state index contributed by atoms with van der Waals surface area (Å²) in [5.74, 6) is 1.19. The first-order valence-corrected chi connectivity index (χ1v) is 8.15. The third-order valence-electron chi connectivity index (χ3n) is 3.14. The number of aliphatic imine (C=N–C) groups is 1. The summed E-state index contributed by atoms with van der Waals surface area (Å²) >= 11 is 0. The van der Waals surface area contributed by atoms with E-state index in [0.717, 1.165) is 17.9 Å². The Morgan fingerprint density at radius 1 is 1.35 bits per heavy atom. The molecule has 0 bridgehead atoms. The fourth-order valence-electron chi connectivity index (χ4n) is 1.79. The summed E-state index contributed by atoms with van der Waals surface area (Å²) in [6, 6.07) is 7.57. The number of nitrogens with zero attached hydrogens (tertiary/aromatic N) is 2. The van der Waals surface area contributed by atoms with Crippen molar-refractivity contribution in [2.45, 2.75) is 6.42 Å². The predicted octanol–water partition coefficient (Wildman–Crippen LogP) is 2.35. The molecule has 1 rings (SSSR count). The van der Waals surface area contributed by atoms with Gasteiger partial charge in [-0.05, 0) is 12.1 Å². The van der Waals surface area contributed by atoms with Crippen molar-refractivity contribution in [1.82, 2.24) is 10.2 Å². The molecular formula is C18H29IN4O3. The number of hydrogen-bond acceptors (Lipinski definition) is 4. The van der Waals surface area contributed by atoms with Crippen molar-refractivity contribution in [1.29, 1.82) is 0 Å². The molecule has 0 spiro atoms. The molecule has 1 amide bonds. The molecule has 26 heavy (non-hydrogen) atoms. The van der Waals surface area contributed by atoms with E-state index in [-0.39, 0.29) is 36.4 Å². The monoisotopic (exact) mass is 476 g/mol. The van der Waals surface area contributed by atoms with Gasteiger partial charge >= 0.3 is 0 Å². The van der Waals surface area contributed by atoms with Crippen LogP contribution in [0.2, 0.25) is 0 Å². The van der Waals surface area contributed by atoms with E-state index in [1.165, 1.54) is 4.90 Å². The number of ether oxygens (including phenoxy) is 2. The maximum atomic E-state index is 11.7. The summed E-state index contributed by atoms with van der Waals surface area (Å²) in [6.45, 7) is 5.53. The Kier molecular flexibility index (Phi) is 13.4. The number of anilines is 1.